The van der Waals surface area contributed by atoms with Gasteiger partial charge in [-0.05, 0) is 57.1 Å². The van der Waals surface area contributed by atoms with Gasteiger partial charge in [0.25, 0.3) is 0 Å². The molecule has 0 aromatic heterocycles. The summed E-state index contributed by atoms with van der Waals surface area (Å²) in [7, 11) is 0. The summed E-state index contributed by atoms with van der Waals surface area (Å²) in [4.78, 5) is 25.5. The quantitative estimate of drug-likeness (QED) is 0.700. The molecule has 6 heteroatoms. The number of ether oxygens (including phenoxy) is 2. The van der Waals surface area contributed by atoms with Crippen molar-refractivity contribution in [2.75, 3.05) is 0 Å². The van der Waals surface area contributed by atoms with E-state index in [1.54, 1.807) is 12.2 Å². The van der Waals surface area contributed by atoms with Crippen LogP contribution in [0, 0.1) is 22.7 Å². The van der Waals surface area contributed by atoms with Gasteiger partial charge in [-0.15, -0.1) is 0 Å². The van der Waals surface area contributed by atoms with Gasteiger partial charge < -0.3 is 14.6 Å². The van der Waals surface area contributed by atoms with E-state index in [2.05, 4.69) is 6.92 Å². The van der Waals surface area contributed by atoms with E-state index < -0.39 is 46.5 Å². The molecule has 1 N–H and O–H groups in total. The van der Waals surface area contributed by atoms with E-state index in [1.807, 2.05) is 20.8 Å². The Kier molecular flexibility index (Phi) is 4.95. The van der Waals surface area contributed by atoms with Crippen LogP contribution in [0.25, 0.3) is 0 Å². The van der Waals surface area contributed by atoms with Crippen LogP contribution in [0.5, 0.6) is 0 Å². The first kappa shape index (κ1) is 22.4. The maximum absolute atomic E-state index is 17.2. The van der Waals surface area contributed by atoms with Crippen LogP contribution in [0.2, 0.25) is 0 Å². The lowest BCUT2D eigenvalue weighted by molar-refractivity contribution is -0.230. The molecule has 3 saturated carbocycles. The molecule has 9 atom stereocenters. The van der Waals surface area contributed by atoms with Crippen LogP contribution in [0.4, 0.5) is 4.39 Å². The van der Waals surface area contributed by atoms with Gasteiger partial charge in [-0.2, -0.15) is 0 Å². The van der Waals surface area contributed by atoms with Crippen LogP contribution in [-0.2, 0) is 19.1 Å². The summed E-state index contributed by atoms with van der Waals surface area (Å²) in [5.41, 5.74) is -4.02. The molecule has 1 saturated heterocycles. The van der Waals surface area contributed by atoms with Gasteiger partial charge in [0.2, 0.25) is 0 Å². The van der Waals surface area contributed by atoms with E-state index in [-0.39, 0.29) is 23.9 Å². The van der Waals surface area contributed by atoms with E-state index >= 15 is 4.39 Å². The Morgan fingerprint density at radius 1 is 1.28 bits per heavy atom. The summed E-state index contributed by atoms with van der Waals surface area (Å²) < 4.78 is 30.0. The smallest absolute Gasteiger partial charge is 0.178 e. The van der Waals surface area contributed by atoms with E-state index in [9.17, 15) is 14.7 Å². The van der Waals surface area contributed by atoms with Gasteiger partial charge in [-0.1, -0.05) is 38.8 Å². The minimum Gasteiger partial charge on any atom is -0.390 e. The topological polar surface area (TPSA) is 72.8 Å². The second kappa shape index (κ2) is 7.07. The molecule has 1 heterocycles. The highest BCUT2D eigenvalue weighted by Crippen LogP contribution is 2.71. The van der Waals surface area contributed by atoms with Crippen LogP contribution in [0.15, 0.2) is 23.8 Å². The van der Waals surface area contributed by atoms with E-state index in [4.69, 9.17) is 9.47 Å². The van der Waals surface area contributed by atoms with Crippen molar-refractivity contribution in [1.82, 2.24) is 0 Å². The monoisotopic (exact) mass is 446 g/mol. The predicted molar refractivity (Wildman–Crippen MR) is 116 cm³/mol. The lowest BCUT2D eigenvalue weighted by Gasteiger charge is -2.62. The number of hydrogen-bond acceptors (Lipinski definition) is 5. The van der Waals surface area contributed by atoms with Crippen molar-refractivity contribution in [2.24, 2.45) is 22.7 Å². The zero-order valence-electron chi connectivity index (χ0n) is 19.5. The zero-order chi connectivity index (χ0) is 23.1. The van der Waals surface area contributed by atoms with Crippen molar-refractivity contribution < 1.29 is 28.6 Å². The van der Waals surface area contributed by atoms with Crippen LogP contribution >= 0.6 is 0 Å². The molecule has 4 fully saturated rings. The molecule has 5 nitrogen and oxygen atoms in total. The number of Topliss-reactive ketones (excluding diaryl/α,β-unsaturated/α-hetero) is 1. The molecule has 1 unspecified atom stereocenters. The van der Waals surface area contributed by atoms with Crippen molar-refractivity contribution in [3.63, 3.8) is 0 Å². The maximum atomic E-state index is 17.2. The molecule has 0 bridgehead atoms. The molecule has 0 aromatic rings. The summed E-state index contributed by atoms with van der Waals surface area (Å²) in [5.74, 6) is -0.722. The first-order chi connectivity index (χ1) is 15.1. The number of fused-ring (bicyclic) bond motifs is 7. The average molecular weight is 447 g/mol. The van der Waals surface area contributed by atoms with Gasteiger partial charge in [-0.25, -0.2) is 4.39 Å². The van der Waals surface area contributed by atoms with Gasteiger partial charge in [-0.3, -0.25) is 9.59 Å². The number of carbonyl (C=O) groups excluding carboxylic acids is 2. The number of allylic oxidation sites excluding steroid dienone is 4. The molecule has 4 aliphatic carbocycles. The Balaban J connectivity index is 1.60. The number of aliphatic hydroxyl groups excluding tert-OH is 1. The third-order valence-electron chi connectivity index (χ3n) is 9.69. The lowest BCUT2D eigenvalue weighted by atomic mass is 9.44. The number of hydrogen-bond donors (Lipinski definition) is 1. The second-order valence-corrected chi connectivity index (χ2v) is 11.0. The third kappa shape index (κ3) is 2.44. The average Bonchev–Trinajstić information content (AvgIpc) is 3.22. The SMILES string of the molecule is CCCC1O[C@@H]2C[C@H]3[C@@H]4CCC5=CC(=O)C=C[C@]5(C)[C@@]4(F)[C@@H](O)C[C@]3(C)[C@]2(C(=O)CC)O1. The van der Waals surface area contributed by atoms with Gasteiger partial charge in [0.05, 0.1) is 12.2 Å². The van der Waals surface area contributed by atoms with E-state index in [0.29, 0.717) is 32.1 Å². The maximum Gasteiger partial charge on any atom is 0.178 e. The van der Waals surface area contributed by atoms with Crippen molar-refractivity contribution in [3.05, 3.63) is 23.8 Å². The van der Waals surface area contributed by atoms with Crippen molar-refractivity contribution >= 4 is 11.6 Å². The molecule has 1 aliphatic heterocycles. The number of rotatable bonds is 4. The predicted octanol–water partition coefficient (Wildman–Crippen LogP) is 4.23. The third-order valence-corrected chi connectivity index (χ3v) is 9.69. The van der Waals surface area contributed by atoms with Gasteiger partial charge >= 0.3 is 0 Å². The molecule has 0 amide bonds. The Hall–Kier alpha value is -1.37. The standard InChI is InChI=1S/C26H35FO5/c1-5-7-22-31-21-13-18-17-9-8-15-12-16(28)10-11-23(15,3)25(17,27)20(30)14-24(18,4)26(21,32-22)19(29)6-2/h10-12,17-18,20-22,30H,5-9,13-14H2,1-4H3/t17-,18-,20-,21+,22?,23-,24-,25-,26+/m0/s1. The number of halogens is 1. The Morgan fingerprint density at radius 2 is 2.03 bits per heavy atom. The molecule has 176 valence electrons. The number of alkyl halides is 1. The van der Waals surface area contributed by atoms with Gasteiger partial charge in [0.15, 0.2) is 29.1 Å². The molecular formula is C26H35FO5. The Bertz CT molecular complexity index is 912. The molecule has 5 aliphatic rings. The summed E-state index contributed by atoms with van der Waals surface area (Å²) in [6, 6.07) is 0. The highest BCUT2D eigenvalue weighted by atomic mass is 19.1. The molecular weight excluding hydrogens is 411 g/mol. The summed E-state index contributed by atoms with van der Waals surface area (Å²) in [6.07, 6.45) is 6.28. The highest BCUT2D eigenvalue weighted by molar-refractivity contribution is 6.01. The zero-order valence-corrected chi connectivity index (χ0v) is 19.5. The molecule has 0 aromatic carbocycles. The number of aliphatic hydroxyl groups is 1. The molecule has 0 spiro atoms. The second-order valence-electron chi connectivity index (χ2n) is 11.0. The van der Waals surface area contributed by atoms with Crippen molar-refractivity contribution in [1.29, 1.82) is 0 Å². The van der Waals surface area contributed by atoms with Crippen molar-refractivity contribution in [3.8, 4) is 0 Å². The van der Waals surface area contributed by atoms with Crippen LogP contribution < -0.4 is 0 Å². The van der Waals surface area contributed by atoms with Gasteiger partial charge in [0, 0.05) is 23.2 Å². The van der Waals surface area contributed by atoms with Crippen LogP contribution in [0.3, 0.4) is 0 Å². The molecule has 5 rings (SSSR count). The molecule has 32 heavy (non-hydrogen) atoms. The van der Waals surface area contributed by atoms with E-state index in [1.165, 1.54) is 6.08 Å². The first-order valence-corrected chi connectivity index (χ1v) is 12.3. The van der Waals surface area contributed by atoms with Crippen LogP contribution in [0.1, 0.15) is 72.6 Å². The largest absolute Gasteiger partial charge is 0.390 e. The fourth-order valence-electron chi connectivity index (χ4n) is 8.16. The fourth-order valence-corrected chi connectivity index (χ4v) is 8.16. The highest BCUT2D eigenvalue weighted by Gasteiger charge is 2.79. The van der Waals surface area contributed by atoms with E-state index in [0.717, 1.165) is 12.0 Å². The lowest BCUT2D eigenvalue weighted by Crippen LogP contribution is -2.69. The van der Waals surface area contributed by atoms with Gasteiger partial charge in [0.1, 0.15) is 0 Å². The summed E-state index contributed by atoms with van der Waals surface area (Å²) in [6.45, 7) is 7.72. The van der Waals surface area contributed by atoms with Crippen molar-refractivity contribution in [2.45, 2.75) is 102 Å². The Morgan fingerprint density at radius 3 is 2.72 bits per heavy atom. The van der Waals surface area contributed by atoms with Crippen LogP contribution in [-0.4, -0.2) is 46.4 Å². The Labute approximate surface area is 189 Å². The normalized spacial score (nSPS) is 51.5. The number of ketones is 2. The molecule has 0 radical (unpaired) electrons. The fraction of sp³-hybridized carbons (Fsp3) is 0.769. The summed E-state index contributed by atoms with van der Waals surface area (Å²) >= 11 is 0. The first-order valence-electron chi connectivity index (χ1n) is 12.3. The minimum atomic E-state index is -1.91. The summed E-state index contributed by atoms with van der Waals surface area (Å²) in [5, 5.41) is 11.5. The minimum absolute atomic E-state index is 0.00424. The number of carbonyl (C=O) groups is 2.